The zero-order chi connectivity index (χ0) is 20.5. The third kappa shape index (κ3) is 3.90. The van der Waals surface area contributed by atoms with Crippen molar-refractivity contribution in [2.45, 2.75) is 43.9 Å². The van der Waals surface area contributed by atoms with Gasteiger partial charge in [-0.3, -0.25) is 4.98 Å². The predicted molar refractivity (Wildman–Crippen MR) is 109 cm³/mol. The Labute approximate surface area is 169 Å². The molecule has 1 aromatic heterocycles. The average molecular weight is 395 g/mol. The molecule has 3 aromatic rings. The highest BCUT2D eigenvalue weighted by atomic mass is 16.5. The lowest BCUT2D eigenvalue weighted by Crippen LogP contribution is -2.51. The Kier molecular flexibility index (Phi) is 5.63. The van der Waals surface area contributed by atoms with Crippen LogP contribution in [0.25, 0.3) is 21.9 Å². The smallest absolute Gasteiger partial charge is 0.114 e. The molecule has 2 heterocycles. The topological polar surface area (TPSA) is 103 Å². The van der Waals surface area contributed by atoms with Gasteiger partial charge in [0, 0.05) is 24.2 Å². The number of hydrogen-bond acceptors (Lipinski definition) is 6. The molecular formula is C23H25NO5. The van der Waals surface area contributed by atoms with E-state index < -0.39 is 30.5 Å². The fourth-order valence-electron chi connectivity index (χ4n) is 3.99. The number of aryl methyl sites for hydroxylation is 1. The molecule has 152 valence electrons. The summed E-state index contributed by atoms with van der Waals surface area (Å²) in [6.07, 6.45) is -1.11. The Morgan fingerprint density at radius 1 is 1.03 bits per heavy atom. The number of rotatable bonds is 4. The molecule has 2 aromatic carbocycles. The van der Waals surface area contributed by atoms with E-state index in [1.807, 2.05) is 49.5 Å². The summed E-state index contributed by atoms with van der Waals surface area (Å²) in [5.74, 6) is 0. The van der Waals surface area contributed by atoms with Crippen molar-refractivity contribution < 1.29 is 25.2 Å². The molecule has 1 fully saturated rings. The van der Waals surface area contributed by atoms with E-state index >= 15 is 0 Å². The van der Waals surface area contributed by atoms with Gasteiger partial charge in [-0.2, -0.15) is 0 Å². The largest absolute Gasteiger partial charge is 0.394 e. The normalized spacial score (nSPS) is 25.8. The summed E-state index contributed by atoms with van der Waals surface area (Å²) in [7, 11) is 0. The highest BCUT2D eigenvalue weighted by Gasteiger charge is 2.40. The summed E-state index contributed by atoms with van der Waals surface area (Å²) in [5, 5.41) is 42.5. The highest BCUT2D eigenvalue weighted by molar-refractivity contribution is 5.86. The van der Waals surface area contributed by atoms with E-state index in [1.54, 1.807) is 6.20 Å². The van der Waals surface area contributed by atoms with Gasteiger partial charge in [0.15, 0.2) is 0 Å². The first-order valence-corrected chi connectivity index (χ1v) is 9.73. The summed E-state index contributed by atoms with van der Waals surface area (Å²) in [6.45, 7) is 1.53. The van der Waals surface area contributed by atoms with E-state index in [1.165, 1.54) is 0 Å². The number of pyridine rings is 1. The quantitative estimate of drug-likeness (QED) is 0.540. The molecule has 2 unspecified atom stereocenters. The first-order valence-electron chi connectivity index (χ1n) is 9.73. The van der Waals surface area contributed by atoms with Gasteiger partial charge in [0.25, 0.3) is 0 Å². The van der Waals surface area contributed by atoms with Gasteiger partial charge < -0.3 is 25.2 Å². The standard InChI is InChI=1S/C23H25NO5/c1-13-8-14(15-2-3-17-11-24-7-6-16(17)9-15)4-5-18(13)22(28)23-20(27)10-19(26)21(12-25)29-23/h2-9,11,19-23,25-28H,10,12H2,1H3/t19-,20?,21?,22+,23-/m0/s1. The van der Waals surface area contributed by atoms with E-state index in [9.17, 15) is 20.4 Å². The minimum atomic E-state index is -1.07. The number of nitrogens with zero attached hydrogens (tertiary/aromatic N) is 1. The zero-order valence-electron chi connectivity index (χ0n) is 16.1. The maximum atomic E-state index is 10.8. The third-order valence-corrected chi connectivity index (χ3v) is 5.68. The SMILES string of the molecule is Cc1cc(-c2ccc3cnccc3c2)ccc1[C@@H](O)[C@H]1OC(CO)[C@@H](O)CC1O. The molecule has 6 heteroatoms. The van der Waals surface area contributed by atoms with Gasteiger partial charge >= 0.3 is 0 Å². The van der Waals surface area contributed by atoms with Crippen molar-refractivity contribution in [3.05, 3.63) is 66.0 Å². The molecule has 0 spiro atoms. The summed E-state index contributed by atoms with van der Waals surface area (Å²) in [6, 6.07) is 13.9. The maximum Gasteiger partial charge on any atom is 0.114 e. The second kappa shape index (κ2) is 8.18. The lowest BCUT2D eigenvalue weighted by atomic mass is 9.89. The molecule has 0 radical (unpaired) electrons. The van der Waals surface area contributed by atoms with Gasteiger partial charge in [-0.15, -0.1) is 0 Å². The highest BCUT2D eigenvalue weighted by Crippen LogP contribution is 2.33. The molecule has 5 atom stereocenters. The monoisotopic (exact) mass is 395 g/mol. The predicted octanol–water partition coefficient (Wildman–Crippen LogP) is 2.12. The summed E-state index contributed by atoms with van der Waals surface area (Å²) >= 11 is 0. The third-order valence-electron chi connectivity index (χ3n) is 5.68. The fraction of sp³-hybridized carbons (Fsp3) is 0.348. The summed E-state index contributed by atoms with van der Waals surface area (Å²) in [4.78, 5) is 4.14. The Morgan fingerprint density at radius 3 is 2.55 bits per heavy atom. The van der Waals surface area contributed by atoms with Gasteiger partial charge in [-0.05, 0) is 46.7 Å². The van der Waals surface area contributed by atoms with E-state index in [4.69, 9.17) is 4.74 Å². The second-order valence-corrected chi connectivity index (χ2v) is 7.65. The Bertz CT molecular complexity index is 1010. The Balaban J connectivity index is 1.61. The van der Waals surface area contributed by atoms with Crippen LogP contribution < -0.4 is 0 Å². The van der Waals surface area contributed by atoms with Gasteiger partial charge in [0.1, 0.15) is 18.3 Å². The number of ether oxygens (including phenoxy) is 1. The molecule has 1 aliphatic heterocycles. The molecule has 0 aliphatic carbocycles. The van der Waals surface area contributed by atoms with E-state index in [-0.39, 0.29) is 13.0 Å². The lowest BCUT2D eigenvalue weighted by Gasteiger charge is -2.39. The van der Waals surface area contributed by atoms with Crippen LogP contribution in [0.1, 0.15) is 23.7 Å². The second-order valence-electron chi connectivity index (χ2n) is 7.65. The molecule has 1 saturated heterocycles. The van der Waals surface area contributed by atoms with E-state index in [2.05, 4.69) is 11.1 Å². The molecule has 4 N–H and O–H groups in total. The molecule has 4 rings (SSSR count). The van der Waals surface area contributed by atoms with Crippen molar-refractivity contribution >= 4 is 10.8 Å². The zero-order valence-corrected chi connectivity index (χ0v) is 16.1. The first kappa shape index (κ1) is 19.9. The minimum Gasteiger partial charge on any atom is -0.394 e. The van der Waals surface area contributed by atoms with E-state index in [0.29, 0.717) is 5.56 Å². The number of aromatic nitrogens is 1. The van der Waals surface area contributed by atoms with Gasteiger partial charge in [0.05, 0.1) is 18.8 Å². The maximum absolute atomic E-state index is 10.8. The number of hydrogen-bond donors (Lipinski definition) is 4. The van der Waals surface area contributed by atoms with Crippen molar-refractivity contribution in [3.63, 3.8) is 0 Å². The van der Waals surface area contributed by atoms with Crippen LogP contribution in [0.3, 0.4) is 0 Å². The van der Waals surface area contributed by atoms with Crippen LogP contribution >= 0.6 is 0 Å². The molecule has 0 amide bonds. The number of aliphatic hydroxyl groups excluding tert-OH is 4. The van der Waals surface area contributed by atoms with E-state index in [0.717, 1.165) is 27.5 Å². The molecule has 0 saturated carbocycles. The van der Waals surface area contributed by atoms with Crippen molar-refractivity contribution in [1.82, 2.24) is 4.98 Å². The Hall–Kier alpha value is -2.35. The van der Waals surface area contributed by atoms with Gasteiger partial charge in [0.2, 0.25) is 0 Å². The van der Waals surface area contributed by atoms with Crippen LogP contribution in [0, 0.1) is 6.92 Å². The van der Waals surface area contributed by atoms with Crippen LogP contribution in [0.15, 0.2) is 54.9 Å². The molecule has 6 nitrogen and oxygen atoms in total. The molecule has 1 aliphatic rings. The van der Waals surface area contributed by atoms with Crippen LogP contribution in [-0.4, -0.2) is 56.4 Å². The van der Waals surface area contributed by atoms with Crippen molar-refractivity contribution in [2.75, 3.05) is 6.61 Å². The minimum absolute atomic E-state index is 0.0516. The van der Waals surface area contributed by atoms with Crippen molar-refractivity contribution in [2.24, 2.45) is 0 Å². The number of aliphatic hydroxyl groups is 4. The fourth-order valence-corrected chi connectivity index (χ4v) is 3.99. The molecule has 0 bridgehead atoms. The van der Waals surface area contributed by atoms with Crippen LogP contribution in [0.4, 0.5) is 0 Å². The van der Waals surface area contributed by atoms with Gasteiger partial charge in [-0.25, -0.2) is 0 Å². The first-order chi connectivity index (χ1) is 14.0. The Morgan fingerprint density at radius 2 is 1.79 bits per heavy atom. The summed E-state index contributed by atoms with van der Waals surface area (Å²) < 4.78 is 5.59. The van der Waals surface area contributed by atoms with Crippen molar-refractivity contribution in [1.29, 1.82) is 0 Å². The van der Waals surface area contributed by atoms with Gasteiger partial charge in [-0.1, -0.05) is 30.3 Å². The van der Waals surface area contributed by atoms with Crippen LogP contribution in [0.5, 0.6) is 0 Å². The van der Waals surface area contributed by atoms with Crippen LogP contribution in [-0.2, 0) is 4.74 Å². The molecular weight excluding hydrogens is 370 g/mol. The van der Waals surface area contributed by atoms with Crippen molar-refractivity contribution in [3.8, 4) is 11.1 Å². The summed E-state index contributed by atoms with van der Waals surface area (Å²) in [5.41, 5.74) is 3.60. The average Bonchev–Trinajstić information content (AvgIpc) is 2.73. The molecule has 29 heavy (non-hydrogen) atoms. The van der Waals surface area contributed by atoms with Crippen LogP contribution in [0.2, 0.25) is 0 Å². The number of benzene rings is 2. The lowest BCUT2D eigenvalue weighted by molar-refractivity contribution is -0.208. The number of fused-ring (bicyclic) bond motifs is 1.